The van der Waals surface area contributed by atoms with Gasteiger partial charge in [-0.1, -0.05) is 6.92 Å². The Hall–Kier alpha value is -1.95. The highest BCUT2D eigenvalue weighted by atomic mass is 15.3. The monoisotopic (exact) mass is 260 g/mol. The van der Waals surface area contributed by atoms with Gasteiger partial charge in [-0.3, -0.25) is 4.68 Å². The molecule has 19 heavy (non-hydrogen) atoms. The molecule has 0 saturated heterocycles. The fraction of sp³-hybridized carbons (Fsp3) is 0.462. The van der Waals surface area contributed by atoms with E-state index in [1.54, 1.807) is 4.68 Å². The summed E-state index contributed by atoms with van der Waals surface area (Å²) in [4.78, 5) is 2.06. The lowest BCUT2D eigenvalue weighted by molar-refractivity contribution is 0.696. The normalized spacial score (nSPS) is 10.7. The number of rotatable bonds is 6. The Kier molecular flexibility index (Phi) is 4.46. The zero-order valence-electron chi connectivity index (χ0n) is 11.7. The molecule has 0 bridgehead atoms. The van der Waals surface area contributed by atoms with E-state index in [0.717, 1.165) is 36.7 Å². The second kappa shape index (κ2) is 6.29. The number of aryl methyl sites for hydroxylation is 1. The maximum Gasteiger partial charge on any atom is 0.151 e. The van der Waals surface area contributed by atoms with E-state index in [4.69, 9.17) is 0 Å². The van der Waals surface area contributed by atoms with Gasteiger partial charge in [0.15, 0.2) is 5.82 Å². The second-order valence-corrected chi connectivity index (χ2v) is 4.54. The highest BCUT2D eigenvalue weighted by molar-refractivity contribution is 5.37. The Balaban J connectivity index is 1.97. The molecule has 0 atom stereocenters. The topological polar surface area (TPSA) is 58.9 Å². The second-order valence-electron chi connectivity index (χ2n) is 4.54. The molecule has 0 unspecified atom stereocenters. The van der Waals surface area contributed by atoms with Crippen LogP contribution in [0.15, 0.2) is 24.5 Å². The van der Waals surface area contributed by atoms with Crippen molar-refractivity contribution in [1.29, 1.82) is 0 Å². The number of aromatic nitrogens is 4. The molecule has 2 heterocycles. The van der Waals surface area contributed by atoms with Crippen molar-refractivity contribution in [2.24, 2.45) is 7.05 Å². The van der Waals surface area contributed by atoms with Crippen molar-refractivity contribution in [3.63, 3.8) is 0 Å². The van der Waals surface area contributed by atoms with Crippen LogP contribution in [0, 0.1) is 0 Å². The van der Waals surface area contributed by atoms with E-state index in [2.05, 4.69) is 32.4 Å². The Morgan fingerprint density at radius 2 is 2.16 bits per heavy atom. The quantitative estimate of drug-likeness (QED) is 0.838. The van der Waals surface area contributed by atoms with Gasteiger partial charge in [-0.2, -0.15) is 10.2 Å². The summed E-state index contributed by atoms with van der Waals surface area (Å²) < 4.78 is 1.80. The zero-order valence-corrected chi connectivity index (χ0v) is 11.7. The van der Waals surface area contributed by atoms with Crippen LogP contribution in [-0.2, 0) is 20.1 Å². The molecule has 0 aliphatic rings. The number of hydrogen-bond donors (Lipinski definition) is 1. The van der Waals surface area contributed by atoms with Crippen LogP contribution in [0.5, 0.6) is 0 Å². The SMILES string of the molecule is CCNCc1ccc(N(C)Cc2cnn(C)c2)nn1. The molecule has 6 nitrogen and oxygen atoms in total. The highest BCUT2D eigenvalue weighted by Gasteiger charge is 2.06. The van der Waals surface area contributed by atoms with E-state index in [-0.39, 0.29) is 0 Å². The van der Waals surface area contributed by atoms with Crippen molar-refractivity contribution in [1.82, 2.24) is 25.3 Å². The first-order valence-corrected chi connectivity index (χ1v) is 6.41. The standard InChI is InChI=1S/C13H20N6/c1-4-14-8-12-5-6-13(17-16-12)18(2)9-11-7-15-19(3)10-11/h5-7,10,14H,4,8-9H2,1-3H3. The minimum atomic E-state index is 0.760. The molecule has 2 aromatic rings. The van der Waals surface area contributed by atoms with E-state index < -0.39 is 0 Å². The first kappa shape index (κ1) is 13.5. The van der Waals surface area contributed by atoms with Gasteiger partial charge in [0.2, 0.25) is 0 Å². The largest absolute Gasteiger partial charge is 0.354 e. The van der Waals surface area contributed by atoms with Crippen LogP contribution in [0.4, 0.5) is 5.82 Å². The zero-order chi connectivity index (χ0) is 13.7. The van der Waals surface area contributed by atoms with Gasteiger partial charge in [-0.05, 0) is 18.7 Å². The molecule has 0 radical (unpaired) electrons. The summed E-state index contributed by atoms with van der Waals surface area (Å²) in [5.74, 6) is 0.865. The van der Waals surface area contributed by atoms with E-state index in [9.17, 15) is 0 Å². The van der Waals surface area contributed by atoms with Crippen molar-refractivity contribution in [3.8, 4) is 0 Å². The maximum absolute atomic E-state index is 4.24. The van der Waals surface area contributed by atoms with Gasteiger partial charge in [0.25, 0.3) is 0 Å². The third-order valence-electron chi connectivity index (χ3n) is 2.83. The number of nitrogens with zero attached hydrogens (tertiary/aromatic N) is 5. The summed E-state index contributed by atoms with van der Waals surface area (Å²) in [6.45, 7) is 4.54. The lowest BCUT2D eigenvalue weighted by Crippen LogP contribution is -2.19. The van der Waals surface area contributed by atoms with Crippen LogP contribution in [0.3, 0.4) is 0 Å². The van der Waals surface area contributed by atoms with E-state index >= 15 is 0 Å². The molecule has 0 aliphatic heterocycles. The van der Waals surface area contributed by atoms with Crippen LogP contribution >= 0.6 is 0 Å². The Labute approximate surface area is 113 Å². The molecular formula is C13H20N6. The molecule has 0 amide bonds. The minimum Gasteiger partial charge on any atom is -0.354 e. The van der Waals surface area contributed by atoms with Crippen LogP contribution in [0.2, 0.25) is 0 Å². The first-order chi connectivity index (χ1) is 9.19. The fourth-order valence-corrected chi connectivity index (χ4v) is 1.81. The first-order valence-electron chi connectivity index (χ1n) is 6.41. The molecule has 0 saturated carbocycles. The third-order valence-corrected chi connectivity index (χ3v) is 2.83. The fourth-order valence-electron chi connectivity index (χ4n) is 1.81. The van der Waals surface area contributed by atoms with Gasteiger partial charge in [0.1, 0.15) is 0 Å². The number of hydrogen-bond acceptors (Lipinski definition) is 5. The van der Waals surface area contributed by atoms with Crippen LogP contribution in [0.25, 0.3) is 0 Å². The Bertz CT molecular complexity index is 504. The third kappa shape index (κ3) is 3.75. The van der Waals surface area contributed by atoms with Gasteiger partial charge in [0, 0.05) is 38.9 Å². The molecule has 102 valence electrons. The number of anilines is 1. The van der Waals surface area contributed by atoms with E-state index in [0.29, 0.717) is 0 Å². The van der Waals surface area contributed by atoms with Gasteiger partial charge in [-0.25, -0.2) is 0 Å². The van der Waals surface area contributed by atoms with Crippen molar-refractivity contribution < 1.29 is 0 Å². The van der Waals surface area contributed by atoms with Crippen LogP contribution in [-0.4, -0.2) is 33.6 Å². The smallest absolute Gasteiger partial charge is 0.151 e. The molecule has 0 fully saturated rings. The predicted molar refractivity (Wildman–Crippen MR) is 74.7 cm³/mol. The molecule has 0 aromatic carbocycles. The van der Waals surface area contributed by atoms with Crippen LogP contribution in [0.1, 0.15) is 18.2 Å². The number of nitrogens with one attached hydrogen (secondary N) is 1. The molecule has 2 rings (SSSR count). The summed E-state index contributed by atoms with van der Waals surface area (Å²) in [6.07, 6.45) is 3.87. The van der Waals surface area contributed by atoms with Crippen molar-refractivity contribution in [2.45, 2.75) is 20.0 Å². The summed E-state index contributed by atoms with van der Waals surface area (Å²) >= 11 is 0. The van der Waals surface area contributed by atoms with Gasteiger partial charge < -0.3 is 10.2 Å². The van der Waals surface area contributed by atoms with E-state index in [1.807, 2.05) is 38.6 Å². The molecule has 2 aromatic heterocycles. The summed E-state index contributed by atoms with van der Waals surface area (Å²) in [5.41, 5.74) is 2.11. The van der Waals surface area contributed by atoms with Gasteiger partial charge in [0.05, 0.1) is 11.9 Å². The maximum atomic E-state index is 4.24. The highest BCUT2D eigenvalue weighted by Crippen LogP contribution is 2.11. The Morgan fingerprint density at radius 1 is 1.32 bits per heavy atom. The van der Waals surface area contributed by atoms with Crippen LogP contribution < -0.4 is 10.2 Å². The summed E-state index contributed by atoms with van der Waals surface area (Å²) in [7, 11) is 3.92. The van der Waals surface area contributed by atoms with E-state index in [1.165, 1.54) is 0 Å². The Morgan fingerprint density at radius 3 is 2.74 bits per heavy atom. The van der Waals surface area contributed by atoms with Crippen molar-refractivity contribution >= 4 is 5.82 Å². The van der Waals surface area contributed by atoms with Crippen molar-refractivity contribution in [3.05, 3.63) is 35.8 Å². The molecule has 1 N–H and O–H groups in total. The van der Waals surface area contributed by atoms with Gasteiger partial charge in [-0.15, -0.1) is 5.10 Å². The lowest BCUT2D eigenvalue weighted by atomic mass is 10.3. The molecule has 6 heteroatoms. The molecule has 0 aliphatic carbocycles. The van der Waals surface area contributed by atoms with Crippen molar-refractivity contribution in [2.75, 3.05) is 18.5 Å². The summed E-state index contributed by atoms with van der Waals surface area (Å²) in [6, 6.07) is 4.00. The summed E-state index contributed by atoms with van der Waals surface area (Å²) in [5, 5.41) is 15.8. The average Bonchev–Trinajstić information content (AvgIpc) is 2.82. The minimum absolute atomic E-state index is 0.760. The average molecular weight is 260 g/mol. The molecular weight excluding hydrogens is 240 g/mol. The predicted octanol–water partition coefficient (Wildman–Crippen LogP) is 0.956. The van der Waals surface area contributed by atoms with Gasteiger partial charge >= 0.3 is 0 Å². The lowest BCUT2D eigenvalue weighted by Gasteiger charge is -2.16. The molecule has 0 spiro atoms.